The minimum absolute atomic E-state index is 0.122. The van der Waals surface area contributed by atoms with Crippen molar-refractivity contribution in [2.24, 2.45) is 5.73 Å². The van der Waals surface area contributed by atoms with Crippen LogP contribution in [0, 0.1) is 0 Å². The highest BCUT2D eigenvalue weighted by molar-refractivity contribution is 5.84. The highest BCUT2D eigenvalue weighted by atomic mass is 16.6. The molecule has 0 aliphatic carbocycles. The van der Waals surface area contributed by atoms with Gasteiger partial charge in [0.25, 0.3) is 0 Å². The van der Waals surface area contributed by atoms with Gasteiger partial charge in [-0.2, -0.15) is 0 Å². The lowest BCUT2D eigenvalue weighted by Crippen LogP contribution is -2.31. The van der Waals surface area contributed by atoms with Crippen molar-refractivity contribution in [3.8, 4) is 0 Å². The highest BCUT2D eigenvalue weighted by Crippen LogP contribution is 2.22. The number of aromatic amines is 1. The fraction of sp³-hybridized carbons (Fsp3) is 0.400. The van der Waals surface area contributed by atoms with Crippen molar-refractivity contribution in [1.29, 1.82) is 0 Å². The third-order valence-electron chi connectivity index (χ3n) is 3.95. The van der Waals surface area contributed by atoms with E-state index >= 15 is 0 Å². The Bertz CT molecular complexity index is 635. The van der Waals surface area contributed by atoms with Crippen molar-refractivity contribution < 1.29 is 9.53 Å². The van der Waals surface area contributed by atoms with Gasteiger partial charge in [0.15, 0.2) is 0 Å². The van der Waals surface area contributed by atoms with Gasteiger partial charge >= 0.3 is 6.09 Å². The molecule has 1 fully saturated rings. The maximum atomic E-state index is 11.4. The Morgan fingerprint density at radius 3 is 3.05 bits per heavy atom. The molecule has 5 nitrogen and oxygen atoms in total. The van der Waals surface area contributed by atoms with Crippen molar-refractivity contribution in [2.45, 2.75) is 18.9 Å². The predicted octanol–water partition coefficient (Wildman–Crippen LogP) is 1.66. The molecule has 106 valence electrons. The van der Waals surface area contributed by atoms with E-state index in [4.69, 9.17) is 10.5 Å². The van der Waals surface area contributed by atoms with Gasteiger partial charge in [-0.05, 0) is 42.6 Å². The third-order valence-corrected chi connectivity index (χ3v) is 3.95. The molecule has 1 aliphatic heterocycles. The summed E-state index contributed by atoms with van der Waals surface area (Å²) in [6.07, 6.45) is 3.47. The number of H-pyrrole nitrogens is 1. The zero-order valence-corrected chi connectivity index (χ0v) is 11.6. The average Bonchev–Trinajstić information content (AvgIpc) is 2.98. The van der Waals surface area contributed by atoms with Crippen LogP contribution in [0.5, 0.6) is 0 Å². The number of hydrogen-bond donors (Lipinski definition) is 2. The number of rotatable bonds is 4. The number of fused-ring (bicyclic) bond motifs is 1. The number of carbonyl (C=O) groups excluding carboxylic acids is 1. The monoisotopic (exact) mass is 273 g/mol. The zero-order chi connectivity index (χ0) is 14.1. The number of aromatic nitrogens is 1. The lowest BCUT2D eigenvalue weighted by atomic mass is 10.0. The van der Waals surface area contributed by atoms with Crippen LogP contribution < -0.4 is 5.73 Å². The minimum Gasteiger partial charge on any atom is -0.447 e. The number of cyclic esters (lactones) is 1. The van der Waals surface area contributed by atoms with Crippen molar-refractivity contribution in [3.63, 3.8) is 0 Å². The lowest BCUT2D eigenvalue weighted by Gasteiger charge is -2.16. The third kappa shape index (κ3) is 2.25. The number of carbonyl (C=O) groups is 1. The van der Waals surface area contributed by atoms with Crippen LogP contribution in [0.15, 0.2) is 24.4 Å². The molecule has 0 spiro atoms. The van der Waals surface area contributed by atoms with Crippen molar-refractivity contribution in [1.82, 2.24) is 9.88 Å². The summed E-state index contributed by atoms with van der Waals surface area (Å²) in [6.45, 7) is 1.11. The summed E-state index contributed by atoms with van der Waals surface area (Å²) in [6, 6.07) is 6.49. The molecule has 0 saturated carbocycles. The molecule has 2 heterocycles. The minimum atomic E-state index is -0.235. The number of benzene rings is 1. The fourth-order valence-corrected chi connectivity index (χ4v) is 2.71. The van der Waals surface area contributed by atoms with Crippen LogP contribution in [0.2, 0.25) is 0 Å². The van der Waals surface area contributed by atoms with Crippen LogP contribution in [0.3, 0.4) is 0 Å². The second-order valence-corrected chi connectivity index (χ2v) is 5.28. The first-order valence-electron chi connectivity index (χ1n) is 6.87. The molecule has 1 saturated heterocycles. The van der Waals surface area contributed by atoms with Crippen LogP contribution in [0.4, 0.5) is 4.79 Å². The SMILES string of the molecule is CN1C(=O)OCC1Cc1ccc2[nH]cc(CCN)c2c1. The first kappa shape index (κ1) is 13.0. The Morgan fingerprint density at radius 1 is 1.50 bits per heavy atom. The predicted molar refractivity (Wildman–Crippen MR) is 77.7 cm³/mol. The number of ether oxygens (including phenoxy) is 1. The summed E-state index contributed by atoms with van der Waals surface area (Å²) in [5.41, 5.74) is 9.23. The molecule has 1 atom stereocenters. The normalized spacial score (nSPS) is 18.8. The first-order valence-corrected chi connectivity index (χ1v) is 6.87. The molecule has 3 N–H and O–H groups in total. The summed E-state index contributed by atoms with van der Waals surface area (Å²) in [5.74, 6) is 0. The number of amides is 1. The van der Waals surface area contributed by atoms with Gasteiger partial charge in [-0.3, -0.25) is 0 Å². The Morgan fingerprint density at radius 2 is 2.35 bits per heavy atom. The largest absolute Gasteiger partial charge is 0.447 e. The molecule has 1 amide bonds. The maximum absolute atomic E-state index is 11.4. The topological polar surface area (TPSA) is 71.3 Å². The summed E-state index contributed by atoms with van der Waals surface area (Å²) < 4.78 is 5.05. The molecule has 1 aromatic carbocycles. The second kappa shape index (κ2) is 5.17. The van der Waals surface area contributed by atoms with E-state index in [0.29, 0.717) is 13.2 Å². The molecule has 0 radical (unpaired) electrons. The van der Waals surface area contributed by atoms with E-state index < -0.39 is 0 Å². The van der Waals surface area contributed by atoms with E-state index in [2.05, 4.69) is 23.2 Å². The van der Waals surface area contributed by atoms with E-state index in [9.17, 15) is 4.79 Å². The Labute approximate surface area is 117 Å². The molecule has 5 heteroatoms. The van der Waals surface area contributed by atoms with Crippen molar-refractivity contribution in [2.75, 3.05) is 20.2 Å². The van der Waals surface area contributed by atoms with Crippen LogP contribution in [-0.4, -0.2) is 42.2 Å². The molecule has 1 unspecified atom stereocenters. The van der Waals surface area contributed by atoms with Crippen LogP contribution in [0.1, 0.15) is 11.1 Å². The van der Waals surface area contributed by atoms with Crippen LogP contribution in [-0.2, 0) is 17.6 Å². The fourth-order valence-electron chi connectivity index (χ4n) is 2.71. The molecule has 0 bridgehead atoms. The molecule has 1 aliphatic rings. The standard InChI is InChI=1S/C15H19N3O2/c1-18-12(9-20-15(18)19)6-10-2-3-14-13(7-10)11(4-5-16)8-17-14/h2-3,7-8,12,17H,4-6,9,16H2,1H3. The Hall–Kier alpha value is -2.01. The molecule has 1 aromatic heterocycles. The Kier molecular flexibility index (Phi) is 3.36. The van der Waals surface area contributed by atoms with Gasteiger partial charge in [-0.1, -0.05) is 6.07 Å². The number of nitrogens with zero attached hydrogens (tertiary/aromatic N) is 1. The Balaban J connectivity index is 1.85. The van der Waals surface area contributed by atoms with Crippen molar-refractivity contribution >= 4 is 17.0 Å². The quantitative estimate of drug-likeness (QED) is 0.890. The maximum Gasteiger partial charge on any atom is 0.409 e. The summed E-state index contributed by atoms with van der Waals surface area (Å²) >= 11 is 0. The summed E-state index contributed by atoms with van der Waals surface area (Å²) in [5, 5.41) is 1.22. The lowest BCUT2D eigenvalue weighted by molar-refractivity contribution is 0.163. The van der Waals surface area contributed by atoms with Crippen LogP contribution in [0.25, 0.3) is 10.9 Å². The molecule has 20 heavy (non-hydrogen) atoms. The summed E-state index contributed by atoms with van der Waals surface area (Å²) in [4.78, 5) is 16.3. The molecular formula is C15H19N3O2. The number of nitrogens with two attached hydrogens (primary N) is 1. The highest BCUT2D eigenvalue weighted by Gasteiger charge is 2.29. The van der Waals surface area contributed by atoms with Gasteiger partial charge < -0.3 is 20.4 Å². The van der Waals surface area contributed by atoms with Crippen LogP contribution >= 0.6 is 0 Å². The van der Waals surface area contributed by atoms with E-state index in [0.717, 1.165) is 18.4 Å². The van der Waals surface area contributed by atoms with Gasteiger partial charge in [-0.15, -0.1) is 0 Å². The van der Waals surface area contributed by atoms with Gasteiger partial charge in [0.05, 0.1) is 6.04 Å². The van der Waals surface area contributed by atoms with E-state index in [1.807, 2.05) is 6.20 Å². The summed E-state index contributed by atoms with van der Waals surface area (Å²) in [7, 11) is 1.79. The molecule has 2 aromatic rings. The van der Waals surface area contributed by atoms with E-state index in [1.165, 1.54) is 16.5 Å². The van der Waals surface area contributed by atoms with E-state index in [-0.39, 0.29) is 12.1 Å². The van der Waals surface area contributed by atoms with Gasteiger partial charge in [0.1, 0.15) is 6.61 Å². The van der Waals surface area contributed by atoms with Crippen molar-refractivity contribution in [3.05, 3.63) is 35.5 Å². The van der Waals surface area contributed by atoms with Gasteiger partial charge in [-0.25, -0.2) is 4.79 Å². The first-order chi connectivity index (χ1) is 9.69. The number of nitrogens with one attached hydrogen (secondary N) is 1. The van der Waals surface area contributed by atoms with Gasteiger partial charge in [0.2, 0.25) is 0 Å². The second-order valence-electron chi connectivity index (χ2n) is 5.28. The molecular weight excluding hydrogens is 254 g/mol. The number of likely N-dealkylation sites (N-methyl/N-ethyl adjacent to an activating group) is 1. The number of hydrogen-bond acceptors (Lipinski definition) is 3. The molecule has 3 rings (SSSR count). The zero-order valence-electron chi connectivity index (χ0n) is 11.6. The van der Waals surface area contributed by atoms with Gasteiger partial charge in [0, 0.05) is 24.1 Å². The average molecular weight is 273 g/mol. The van der Waals surface area contributed by atoms with E-state index in [1.54, 1.807) is 11.9 Å². The smallest absolute Gasteiger partial charge is 0.409 e.